The summed E-state index contributed by atoms with van der Waals surface area (Å²) in [6, 6.07) is 0. The molecule has 1 saturated carbocycles. The number of likely N-dealkylation sites (tertiary alicyclic amines) is 1. The van der Waals surface area contributed by atoms with E-state index in [0.29, 0.717) is 6.10 Å². The van der Waals surface area contributed by atoms with Crippen LogP contribution < -0.4 is 5.73 Å². The summed E-state index contributed by atoms with van der Waals surface area (Å²) in [4.78, 5) is 2.67. The number of methoxy groups -OCH3 is 1. The fraction of sp³-hybridized carbons (Fsp3) is 1.00. The molecule has 0 radical (unpaired) electrons. The van der Waals surface area contributed by atoms with Gasteiger partial charge in [-0.2, -0.15) is 0 Å². The first-order chi connectivity index (χ1) is 8.61. The highest BCUT2D eigenvalue weighted by Crippen LogP contribution is 2.40. The Labute approximate surface area is 112 Å². The molecule has 0 amide bonds. The second kappa shape index (κ2) is 5.89. The number of ether oxygens (including phenoxy) is 1. The Morgan fingerprint density at radius 1 is 1.17 bits per heavy atom. The van der Waals surface area contributed by atoms with Crippen LogP contribution in [0.5, 0.6) is 0 Å². The fourth-order valence-electron chi connectivity index (χ4n) is 3.85. The molecular weight excluding hydrogens is 224 g/mol. The molecule has 3 unspecified atom stereocenters. The molecule has 0 bridgehead atoms. The predicted octanol–water partition coefficient (Wildman–Crippen LogP) is 2.25. The van der Waals surface area contributed by atoms with Gasteiger partial charge in [0.05, 0.1) is 6.10 Å². The molecule has 2 N–H and O–H groups in total. The lowest BCUT2D eigenvalue weighted by Gasteiger charge is -2.51. The van der Waals surface area contributed by atoms with Crippen LogP contribution in [0.25, 0.3) is 0 Å². The van der Waals surface area contributed by atoms with Gasteiger partial charge in [-0.3, -0.25) is 4.90 Å². The van der Waals surface area contributed by atoms with Crippen LogP contribution in [0.15, 0.2) is 0 Å². The Bertz CT molecular complexity index is 263. The van der Waals surface area contributed by atoms with E-state index < -0.39 is 0 Å². The zero-order valence-electron chi connectivity index (χ0n) is 12.3. The van der Waals surface area contributed by atoms with Gasteiger partial charge in [0.1, 0.15) is 0 Å². The molecule has 1 heterocycles. The van der Waals surface area contributed by atoms with E-state index in [-0.39, 0.29) is 5.54 Å². The van der Waals surface area contributed by atoms with Gasteiger partial charge in [-0.15, -0.1) is 0 Å². The first-order valence-electron chi connectivity index (χ1n) is 7.59. The Kier molecular flexibility index (Phi) is 4.68. The average Bonchev–Trinajstić information content (AvgIpc) is 2.42. The number of hydrogen-bond acceptors (Lipinski definition) is 3. The first-order valence-corrected chi connectivity index (χ1v) is 7.59. The summed E-state index contributed by atoms with van der Waals surface area (Å²) in [5.41, 5.74) is 6.45. The summed E-state index contributed by atoms with van der Waals surface area (Å²) in [6.07, 6.45) is 6.71. The van der Waals surface area contributed by atoms with Gasteiger partial charge in [-0.1, -0.05) is 13.8 Å². The highest BCUT2D eigenvalue weighted by Gasteiger charge is 2.42. The van der Waals surface area contributed by atoms with Crippen molar-refractivity contribution in [3.8, 4) is 0 Å². The predicted molar refractivity (Wildman–Crippen MR) is 75.6 cm³/mol. The molecule has 1 aliphatic carbocycles. The normalized spacial score (nSPS) is 40.0. The third kappa shape index (κ3) is 2.73. The maximum atomic E-state index is 6.17. The van der Waals surface area contributed by atoms with E-state index in [4.69, 9.17) is 10.5 Å². The number of nitrogens with two attached hydrogens (primary N) is 1. The van der Waals surface area contributed by atoms with E-state index >= 15 is 0 Å². The van der Waals surface area contributed by atoms with Gasteiger partial charge >= 0.3 is 0 Å². The van der Waals surface area contributed by atoms with E-state index in [1.807, 2.05) is 7.11 Å². The molecule has 0 aromatic carbocycles. The Balaban J connectivity index is 2.00. The topological polar surface area (TPSA) is 38.5 Å². The van der Waals surface area contributed by atoms with Gasteiger partial charge in [-0.05, 0) is 43.9 Å². The molecule has 3 nitrogen and oxygen atoms in total. The minimum Gasteiger partial charge on any atom is -0.381 e. The molecule has 3 atom stereocenters. The lowest BCUT2D eigenvalue weighted by Crippen LogP contribution is -2.59. The van der Waals surface area contributed by atoms with Crippen LogP contribution in [0.1, 0.15) is 46.0 Å². The maximum Gasteiger partial charge on any atom is 0.0595 e. The van der Waals surface area contributed by atoms with Crippen LogP contribution >= 0.6 is 0 Å². The summed E-state index contributed by atoms with van der Waals surface area (Å²) in [7, 11) is 1.84. The molecular formula is C15H30N2O. The van der Waals surface area contributed by atoms with E-state index in [9.17, 15) is 0 Å². The number of nitrogens with zero attached hydrogens (tertiary/aromatic N) is 1. The van der Waals surface area contributed by atoms with Gasteiger partial charge < -0.3 is 10.5 Å². The lowest BCUT2D eigenvalue weighted by atomic mass is 9.70. The molecule has 2 rings (SSSR count). The van der Waals surface area contributed by atoms with Crippen LogP contribution in [0.2, 0.25) is 0 Å². The second-order valence-corrected chi connectivity index (χ2v) is 6.55. The summed E-state index contributed by atoms with van der Waals surface area (Å²) in [6.45, 7) is 7.94. The average molecular weight is 254 g/mol. The van der Waals surface area contributed by atoms with Gasteiger partial charge in [0, 0.05) is 32.3 Å². The zero-order valence-corrected chi connectivity index (χ0v) is 12.3. The van der Waals surface area contributed by atoms with E-state index in [0.717, 1.165) is 31.5 Å². The summed E-state index contributed by atoms with van der Waals surface area (Å²) in [5, 5.41) is 0. The standard InChI is InChI=1S/C15H30N2O/c1-12-4-7-15(11-16,10-13(12)2)17-8-5-14(18-3)6-9-17/h12-14H,4-11,16H2,1-3H3. The van der Waals surface area contributed by atoms with Crippen LogP contribution in [0.3, 0.4) is 0 Å². The van der Waals surface area contributed by atoms with E-state index in [2.05, 4.69) is 18.7 Å². The molecule has 106 valence electrons. The SMILES string of the molecule is COC1CCN(C2(CN)CCC(C)C(C)C2)CC1. The van der Waals surface area contributed by atoms with Crippen molar-refractivity contribution in [2.24, 2.45) is 17.6 Å². The quantitative estimate of drug-likeness (QED) is 0.839. The molecule has 0 spiro atoms. The molecule has 3 heteroatoms. The van der Waals surface area contributed by atoms with Crippen molar-refractivity contribution in [3.63, 3.8) is 0 Å². The molecule has 1 aliphatic heterocycles. The zero-order chi connectivity index (χ0) is 13.2. The van der Waals surface area contributed by atoms with Crippen molar-refractivity contribution in [1.29, 1.82) is 0 Å². The molecule has 0 aromatic heterocycles. The van der Waals surface area contributed by atoms with E-state index in [1.165, 1.54) is 32.1 Å². The van der Waals surface area contributed by atoms with Crippen LogP contribution in [-0.4, -0.2) is 43.3 Å². The summed E-state index contributed by atoms with van der Waals surface area (Å²) in [5.74, 6) is 1.67. The molecule has 1 saturated heterocycles. The van der Waals surface area contributed by atoms with Gasteiger partial charge in [-0.25, -0.2) is 0 Å². The second-order valence-electron chi connectivity index (χ2n) is 6.55. The molecule has 18 heavy (non-hydrogen) atoms. The first kappa shape index (κ1) is 14.3. The minimum atomic E-state index is 0.282. The van der Waals surface area contributed by atoms with E-state index in [1.54, 1.807) is 0 Å². The summed E-state index contributed by atoms with van der Waals surface area (Å²) < 4.78 is 5.47. The molecule has 0 aromatic rings. The van der Waals surface area contributed by atoms with Gasteiger partial charge in [0.25, 0.3) is 0 Å². The van der Waals surface area contributed by atoms with Crippen LogP contribution in [-0.2, 0) is 4.74 Å². The monoisotopic (exact) mass is 254 g/mol. The van der Waals surface area contributed by atoms with Crippen molar-refractivity contribution in [2.45, 2.75) is 57.6 Å². The highest BCUT2D eigenvalue weighted by atomic mass is 16.5. The highest BCUT2D eigenvalue weighted by molar-refractivity contribution is 4.98. The third-order valence-electron chi connectivity index (χ3n) is 5.56. The Morgan fingerprint density at radius 2 is 1.83 bits per heavy atom. The van der Waals surface area contributed by atoms with Crippen LogP contribution in [0, 0.1) is 11.8 Å². The van der Waals surface area contributed by atoms with Crippen molar-refractivity contribution < 1.29 is 4.74 Å². The fourth-order valence-corrected chi connectivity index (χ4v) is 3.85. The largest absolute Gasteiger partial charge is 0.381 e. The summed E-state index contributed by atoms with van der Waals surface area (Å²) >= 11 is 0. The minimum absolute atomic E-state index is 0.282. The van der Waals surface area contributed by atoms with Crippen LogP contribution in [0.4, 0.5) is 0 Å². The lowest BCUT2D eigenvalue weighted by molar-refractivity contribution is -0.0309. The molecule has 2 aliphatic rings. The number of hydrogen-bond donors (Lipinski definition) is 1. The molecule has 2 fully saturated rings. The Hall–Kier alpha value is -0.120. The van der Waals surface area contributed by atoms with Crippen molar-refractivity contribution in [2.75, 3.05) is 26.7 Å². The number of rotatable bonds is 3. The van der Waals surface area contributed by atoms with Crippen molar-refractivity contribution in [1.82, 2.24) is 4.90 Å². The van der Waals surface area contributed by atoms with Crippen molar-refractivity contribution in [3.05, 3.63) is 0 Å². The van der Waals surface area contributed by atoms with Gasteiger partial charge in [0.2, 0.25) is 0 Å². The smallest absolute Gasteiger partial charge is 0.0595 e. The Morgan fingerprint density at radius 3 is 2.33 bits per heavy atom. The van der Waals surface area contributed by atoms with Crippen molar-refractivity contribution >= 4 is 0 Å². The number of piperidine rings is 1. The third-order valence-corrected chi connectivity index (χ3v) is 5.56. The van der Waals surface area contributed by atoms with Gasteiger partial charge in [0.15, 0.2) is 0 Å². The maximum absolute atomic E-state index is 6.17.